The fraction of sp³-hybridized carbons (Fsp3) is 0.238. The maximum absolute atomic E-state index is 13.0. The van der Waals surface area contributed by atoms with Gasteiger partial charge in [-0.15, -0.1) is 0 Å². The molecule has 1 aromatic heterocycles. The number of carbonyl (C=O) groups excluding carboxylic acids is 2. The van der Waals surface area contributed by atoms with E-state index in [1.54, 1.807) is 39.0 Å². The molecule has 138 valence electrons. The molecule has 2 N–H and O–H groups in total. The SMILES string of the molecule is CC(C)(C)OC(=O)n1c(-c2cccc3c2C(=O)NC3)cc2cc(O)ccc21. The van der Waals surface area contributed by atoms with Crippen LogP contribution in [0.25, 0.3) is 22.2 Å². The number of amides is 1. The van der Waals surface area contributed by atoms with Gasteiger partial charge in [0.2, 0.25) is 0 Å². The van der Waals surface area contributed by atoms with E-state index in [1.807, 2.05) is 18.2 Å². The van der Waals surface area contributed by atoms with E-state index in [0.29, 0.717) is 34.3 Å². The zero-order chi connectivity index (χ0) is 19.3. The van der Waals surface area contributed by atoms with Crippen molar-refractivity contribution in [1.29, 1.82) is 0 Å². The lowest BCUT2D eigenvalue weighted by molar-refractivity contribution is 0.0547. The van der Waals surface area contributed by atoms with Crippen molar-refractivity contribution in [3.63, 3.8) is 0 Å². The number of carbonyl (C=O) groups is 2. The van der Waals surface area contributed by atoms with Crippen LogP contribution in [0.3, 0.4) is 0 Å². The number of phenolic OH excluding ortho intramolecular Hbond substituents is 1. The van der Waals surface area contributed by atoms with Gasteiger partial charge in [-0.1, -0.05) is 18.2 Å². The molecule has 2 heterocycles. The third-order valence-electron chi connectivity index (χ3n) is 4.45. The number of fused-ring (bicyclic) bond motifs is 2. The largest absolute Gasteiger partial charge is 0.508 e. The lowest BCUT2D eigenvalue weighted by Crippen LogP contribution is -2.27. The van der Waals surface area contributed by atoms with Crippen LogP contribution in [0.4, 0.5) is 4.79 Å². The fourth-order valence-corrected chi connectivity index (χ4v) is 3.40. The number of rotatable bonds is 1. The summed E-state index contributed by atoms with van der Waals surface area (Å²) in [5.74, 6) is -0.0594. The molecule has 0 radical (unpaired) electrons. The highest BCUT2D eigenvalue weighted by atomic mass is 16.6. The Morgan fingerprint density at radius 3 is 2.70 bits per heavy atom. The van der Waals surface area contributed by atoms with Gasteiger partial charge in [-0.25, -0.2) is 9.36 Å². The Morgan fingerprint density at radius 1 is 1.19 bits per heavy atom. The first-order valence-corrected chi connectivity index (χ1v) is 8.73. The molecule has 0 atom stereocenters. The molecule has 27 heavy (non-hydrogen) atoms. The summed E-state index contributed by atoms with van der Waals surface area (Å²) in [7, 11) is 0. The minimum absolute atomic E-state index is 0.103. The van der Waals surface area contributed by atoms with E-state index in [2.05, 4.69) is 5.32 Å². The molecular formula is C21H20N2O4. The highest BCUT2D eigenvalue weighted by molar-refractivity contribution is 6.06. The summed E-state index contributed by atoms with van der Waals surface area (Å²) in [5, 5.41) is 13.3. The predicted octanol–water partition coefficient (Wildman–Crippen LogP) is 4.04. The van der Waals surface area contributed by atoms with Crippen LogP contribution in [0, 0.1) is 0 Å². The second kappa shape index (κ2) is 5.87. The Hall–Kier alpha value is -3.28. The maximum atomic E-state index is 13.0. The Balaban J connectivity index is 1.99. The van der Waals surface area contributed by atoms with E-state index >= 15 is 0 Å². The summed E-state index contributed by atoms with van der Waals surface area (Å²) in [4.78, 5) is 25.3. The van der Waals surface area contributed by atoms with E-state index < -0.39 is 11.7 Å². The standard InChI is InChI=1S/C21H20N2O4/c1-21(2,3)27-20(26)23-16-8-7-14(24)9-13(16)10-17(23)15-6-4-5-12-11-22-19(25)18(12)15/h4-10,24H,11H2,1-3H3,(H,22,25). The highest BCUT2D eigenvalue weighted by Crippen LogP contribution is 2.35. The summed E-state index contributed by atoms with van der Waals surface area (Å²) in [6.45, 7) is 5.87. The zero-order valence-corrected chi connectivity index (χ0v) is 15.4. The number of nitrogens with zero attached hydrogens (tertiary/aromatic N) is 1. The van der Waals surface area contributed by atoms with Gasteiger partial charge in [0, 0.05) is 17.5 Å². The molecule has 6 heteroatoms. The van der Waals surface area contributed by atoms with Crippen LogP contribution < -0.4 is 5.32 Å². The van der Waals surface area contributed by atoms with Crippen molar-refractivity contribution in [2.24, 2.45) is 0 Å². The summed E-state index contributed by atoms with van der Waals surface area (Å²) in [5.41, 5.74) is 2.60. The quantitative estimate of drug-likeness (QED) is 0.683. The van der Waals surface area contributed by atoms with Crippen molar-refractivity contribution in [3.8, 4) is 17.0 Å². The van der Waals surface area contributed by atoms with Gasteiger partial charge in [0.1, 0.15) is 11.4 Å². The number of hydrogen-bond acceptors (Lipinski definition) is 4. The van der Waals surface area contributed by atoms with Crippen LogP contribution >= 0.6 is 0 Å². The monoisotopic (exact) mass is 364 g/mol. The summed E-state index contributed by atoms with van der Waals surface area (Å²) in [6, 6.07) is 12.1. The van der Waals surface area contributed by atoms with Gasteiger partial charge in [-0.2, -0.15) is 0 Å². The van der Waals surface area contributed by atoms with Crippen molar-refractivity contribution >= 4 is 22.9 Å². The Kier molecular flexibility index (Phi) is 3.73. The zero-order valence-electron chi connectivity index (χ0n) is 15.4. The van der Waals surface area contributed by atoms with Gasteiger partial charge in [-0.3, -0.25) is 4.79 Å². The van der Waals surface area contributed by atoms with Gasteiger partial charge in [0.15, 0.2) is 0 Å². The minimum Gasteiger partial charge on any atom is -0.508 e. The second-order valence-electron chi connectivity index (χ2n) is 7.61. The Morgan fingerprint density at radius 2 is 1.96 bits per heavy atom. The molecule has 3 aromatic rings. The van der Waals surface area contributed by atoms with Crippen LogP contribution in [0.5, 0.6) is 5.75 Å². The van der Waals surface area contributed by atoms with Crippen LogP contribution in [0.1, 0.15) is 36.7 Å². The van der Waals surface area contributed by atoms with E-state index in [1.165, 1.54) is 10.6 Å². The van der Waals surface area contributed by atoms with Crippen molar-refractivity contribution in [3.05, 3.63) is 53.6 Å². The van der Waals surface area contributed by atoms with Crippen molar-refractivity contribution in [2.75, 3.05) is 0 Å². The highest BCUT2D eigenvalue weighted by Gasteiger charge is 2.28. The number of hydrogen-bond donors (Lipinski definition) is 2. The number of aromatic nitrogens is 1. The Bertz CT molecular complexity index is 1090. The molecule has 0 bridgehead atoms. The lowest BCUT2D eigenvalue weighted by Gasteiger charge is -2.21. The van der Waals surface area contributed by atoms with E-state index in [4.69, 9.17) is 4.74 Å². The lowest BCUT2D eigenvalue weighted by atomic mass is 10.0. The van der Waals surface area contributed by atoms with Gasteiger partial charge in [0.05, 0.1) is 16.8 Å². The molecule has 1 aliphatic rings. The van der Waals surface area contributed by atoms with Gasteiger partial charge in [0.25, 0.3) is 5.91 Å². The number of aromatic hydroxyl groups is 1. The first-order valence-electron chi connectivity index (χ1n) is 8.73. The van der Waals surface area contributed by atoms with Gasteiger partial charge >= 0.3 is 6.09 Å². The van der Waals surface area contributed by atoms with Crippen LogP contribution in [0.2, 0.25) is 0 Å². The maximum Gasteiger partial charge on any atom is 0.419 e. The molecule has 0 fully saturated rings. The first-order chi connectivity index (χ1) is 12.7. The molecule has 2 aromatic carbocycles. The average Bonchev–Trinajstić information content (AvgIpc) is 3.14. The number of phenols is 1. The summed E-state index contributed by atoms with van der Waals surface area (Å²) in [6.07, 6.45) is -0.533. The predicted molar refractivity (Wildman–Crippen MR) is 102 cm³/mol. The average molecular weight is 364 g/mol. The van der Waals surface area contributed by atoms with Gasteiger partial charge in [-0.05, 0) is 50.6 Å². The fourth-order valence-electron chi connectivity index (χ4n) is 3.40. The molecule has 4 rings (SSSR count). The molecule has 0 aliphatic carbocycles. The van der Waals surface area contributed by atoms with E-state index in [9.17, 15) is 14.7 Å². The smallest absolute Gasteiger partial charge is 0.419 e. The van der Waals surface area contributed by atoms with Crippen LogP contribution in [-0.2, 0) is 11.3 Å². The van der Waals surface area contributed by atoms with Crippen molar-refractivity contribution < 1.29 is 19.4 Å². The third-order valence-corrected chi connectivity index (χ3v) is 4.45. The molecule has 6 nitrogen and oxygen atoms in total. The second-order valence-corrected chi connectivity index (χ2v) is 7.61. The first kappa shape index (κ1) is 17.1. The van der Waals surface area contributed by atoms with Crippen molar-refractivity contribution in [1.82, 2.24) is 9.88 Å². The minimum atomic E-state index is -0.669. The topological polar surface area (TPSA) is 80.6 Å². The van der Waals surface area contributed by atoms with Crippen LogP contribution in [-0.4, -0.2) is 27.3 Å². The number of benzene rings is 2. The van der Waals surface area contributed by atoms with Crippen molar-refractivity contribution in [2.45, 2.75) is 32.9 Å². The molecule has 0 unspecified atom stereocenters. The molecule has 1 aliphatic heterocycles. The van der Waals surface area contributed by atoms with Crippen LogP contribution in [0.15, 0.2) is 42.5 Å². The molecule has 0 saturated heterocycles. The summed E-state index contributed by atoms with van der Waals surface area (Å²) >= 11 is 0. The molecule has 0 spiro atoms. The van der Waals surface area contributed by atoms with E-state index in [-0.39, 0.29) is 11.7 Å². The Labute approximate surface area is 156 Å². The van der Waals surface area contributed by atoms with Gasteiger partial charge < -0.3 is 15.2 Å². The molecular weight excluding hydrogens is 344 g/mol. The normalized spacial score (nSPS) is 13.5. The number of ether oxygens (including phenoxy) is 1. The summed E-state index contributed by atoms with van der Waals surface area (Å²) < 4.78 is 7.05. The number of nitrogens with one attached hydrogen (secondary N) is 1. The third kappa shape index (κ3) is 2.93. The molecule has 0 saturated carbocycles. The van der Waals surface area contributed by atoms with E-state index in [0.717, 1.165) is 5.56 Å². The molecule has 1 amide bonds.